The molecular weight excluding hydrogens is 412 g/mol. The van der Waals surface area contributed by atoms with Crippen LogP contribution in [0.25, 0.3) is 10.9 Å². The van der Waals surface area contributed by atoms with Gasteiger partial charge in [0, 0.05) is 28.3 Å². The number of aryl methyl sites for hydroxylation is 2. The van der Waals surface area contributed by atoms with E-state index in [1.807, 2.05) is 13.0 Å². The molecule has 7 heteroatoms. The van der Waals surface area contributed by atoms with Gasteiger partial charge in [-0.25, -0.2) is 9.97 Å². The topological polar surface area (TPSA) is 88.1 Å². The summed E-state index contributed by atoms with van der Waals surface area (Å²) < 4.78 is 5.46. The Bertz CT molecular complexity index is 1470. The van der Waals surface area contributed by atoms with Gasteiger partial charge in [0.05, 0.1) is 18.3 Å². The van der Waals surface area contributed by atoms with E-state index in [0.29, 0.717) is 5.92 Å². The van der Waals surface area contributed by atoms with Crippen molar-refractivity contribution in [3.63, 3.8) is 0 Å². The van der Waals surface area contributed by atoms with E-state index in [0.717, 1.165) is 65.5 Å². The number of nitrogens with one attached hydrogen (secondary N) is 2. The molecular formula is C26H24N6O. The van der Waals surface area contributed by atoms with E-state index in [4.69, 9.17) is 9.73 Å². The highest BCUT2D eigenvalue weighted by Gasteiger charge is 2.58. The predicted molar refractivity (Wildman–Crippen MR) is 128 cm³/mol. The van der Waals surface area contributed by atoms with E-state index < -0.39 is 0 Å². The Morgan fingerprint density at radius 2 is 2.03 bits per heavy atom. The molecule has 0 bridgehead atoms. The van der Waals surface area contributed by atoms with Crippen LogP contribution in [0, 0.1) is 6.92 Å². The predicted octanol–water partition coefficient (Wildman–Crippen LogP) is 5.04. The molecule has 1 saturated carbocycles. The average Bonchev–Trinajstić information content (AvgIpc) is 3.10. The number of fused-ring (bicyclic) bond motifs is 4. The number of benzene rings is 2. The number of anilines is 2. The Morgan fingerprint density at radius 3 is 2.94 bits per heavy atom. The molecule has 3 heterocycles. The first-order valence-electron chi connectivity index (χ1n) is 11.5. The fourth-order valence-electron chi connectivity index (χ4n) is 5.64. The Hall–Kier alpha value is -3.74. The molecule has 2 atom stereocenters. The number of rotatable bonds is 4. The standard InChI is InChI=1S/C26H24N6O/c1-14-28-21-5-3-4-17(21)24(29-14)30-25-18-8-6-15(10-23(18)31-32-25)20-12-26(20)13-27-22-9-7-16(33-2)11-19(22)26/h6-11,13,20H,3-5,12H2,1-2H3,(H2,28,29,30,31,32)/t20-,26-/m0/s1. The molecule has 2 aliphatic carbocycles. The number of hydrogen-bond donors (Lipinski definition) is 2. The van der Waals surface area contributed by atoms with Crippen LogP contribution in [0.2, 0.25) is 0 Å². The number of aliphatic imine (C=N–C) groups is 1. The molecule has 33 heavy (non-hydrogen) atoms. The summed E-state index contributed by atoms with van der Waals surface area (Å²) in [6.07, 6.45) is 6.37. The Labute approximate surface area is 191 Å². The smallest absolute Gasteiger partial charge is 0.161 e. The molecule has 0 amide bonds. The number of H-pyrrole nitrogens is 1. The van der Waals surface area contributed by atoms with Gasteiger partial charge in [0.25, 0.3) is 0 Å². The van der Waals surface area contributed by atoms with Crippen molar-refractivity contribution in [3.8, 4) is 5.75 Å². The highest BCUT2D eigenvalue weighted by molar-refractivity contribution is 5.94. The maximum absolute atomic E-state index is 5.46. The van der Waals surface area contributed by atoms with Crippen LogP contribution in [-0.2, 0) is 18.3 Å². The molecule has 3 aliphatic rings. The lowest BCUT2D eigenvalue weighted by molar-refractivity contribution is 0.414. The van der Waals surface area contributed by atoms with Crippen molar-refractivity contribution in [3.05, 3.63) is 64.6 Å². The Morgan fingerprint density at radius 1 is 1.09 bits per heavy atom. The Balaban J connectivity index is 1.20. The van der Waals surface area contributed by atoms with E-state index in [-0.39, 0.29) is 5.41 Å². The lowest BCUT2D eigenvalue weighted by Gasteiger charge is -2.11. The average molecular weight is 437 g/mol. The van der Waals surface area contributed by atoms with Crippen molar-refractivity contribution < 1.29 is 4.74 Å². The van der Waals surface area contributed by atoms with Gasteiger partial charge in [0.1, 0.15) is 17.4 Å². The largest absolute Gasteiger partial charge is 0.497 e. The molecule has 2 N–H and O–H groups in total. The van der Waals surface area contributed by atoms with Crippen LogP contribution in [0.5, 0.6) is 5.75 Å². The second-order valence-corrected chi connectivity index (χ2v) is 9.34. The maximum Gasteiger partial charge on any atom is 0.161 e. The molecule has 4 aromatic rings. The first-order valence-corrected chi connectivity index (χ1v) is 11.5. The molecule has 0 unspecified atom stereocenters. The molecule has 2 aromatic carbocycles. The van der Waals surface area contributed by atoms with E-state index in [1.54, 1.807) is 7.11 Å². The van der Waals surface area contributed by atoms with Gasteiger partial charge in [-0.2, -0.15) is 5.10 Å². The van der Waals surface area contributed by atoms with Gasteiger partial charge in [-0.15, -0.1) is 0 Å². The molecule has 2 aromatic heterocycles. The number of ether oxygens (including phenoxy) is 1. The van der Waals surface area contributed by atoms with E-state index in [2.05, 4.69) is 62.0 Å². The lowest BCUT2D eigenvalue weighted by atomic mass is 9.92. The van der Waals surface area contributed by atoms with Crippen molar-refractivity contribution in [2.45, 2.75) is 43.9 Å². The van der Waals surface area contributed by atoms with Crippen molar-refractivity contribution in [2.24, 2.45) is 4.99 Å². The van der Waals surface area contributed by atoms with Crippen molar-refractivity contribution in [1.29, 1.82) is 0 Å². The molecule has 1 spiro atoms. The summed E-state index contributed by atoms with van der Waals surface area (Å²) in [5.74, 6) is 3.80. The minimum atomic E-state index is -0.0162. The third kappa shape index (κ3) is 2.74. The number of hydrogen-bond acceptors (Lipinski definition) is 6. The fraction of sp³-hybridized carbons (Fsp3) is 0.308. The Kier molecular flexibility index (Phi) is 3.78. The minimum absolute atomic E-state index is 0.0162. The van der Waals surface area contributed by atoms with E-state index >= 15 is 0 Å². The first-order chi connectivity index (χ1) is 16.1. The normalized spacial score (nSPS) is 22.1. The SMILES string of the molecule is COc1ccc2c(c1)[C@@]1(C=N2)C[C@H]1c1ccc2c(Nc3nc(C)nc4c3CCC4)n[nH]c2c1. The monoisotopic (exact) mass is 436 g/mol. The van der Waals surface area contributed by atoms with Crippen molar-refractivity contribution in [2.75, 3.05) is 12.4 Å². The molecule has 1 fully saturated rings. The van der Waals surface area contributed by atoms with Gasteiger partial charge in [-0.3, -0.25) is 10.1 Å². The van der Waals surface area contributed by atoms with Crippen LogP contribution in [0.4, 0.5) is 17.3 Å². The summed E-state index contributed by atoms with van der Waals surface area (Å²) in [6, 6.07) is 12.8. The summed E-state index contributed by atoms with van der Waals surface area (Å²) in [5.41, 5.74) is 7.03. The maximum atomic E-state index is 5.46. The summed E-state index contributed by atoms with van der Waals surface area (Å²) in [7, 11) is 1.71. The van der Waals surface area contributed by atoms with Gasteiger partial charge in [-0.1, -0.05) is 6.07 Å². The third-order valence-corrected chi connectivity index (χ3v) is 7.41. The second-order valence-electron chi connectivity index (χ2n) is 9.34. The highest BCUT2D eigenvalue weighted by Crippen LogP contribution is 2.64. The quantitative estimate of drug-likeness (QED) is 0.468. The zero-order chi connectivity index (χ0) is 22.2. The number of methoxy groups -OCH3 is 1. The van der Waals surface area contributed by atoms with E-state index in [9.17, 15) is 0 Å². The third-order valence-electron chi connectivity index (χ3n) is 7.41. The van der Waals surface area contributed by atoms with Gasteiger partial charge < -0.3 is 10.1 Å². The van der Waals surface area contributed by atoms with Crippen LogP contribution in [0.15, 0.2) is 41.4 Å². The summed E-state index contributed by atoms with van der Waals surface area (Å²) in [4.78, 5) is 14.0. The number of nitrogens with zero attached hydrogens (tertiary/aromatic N) is 4. The lowest BCUT2D eigenvalue weighted by Crippen LogP contribution is -2.07. The molecule has 7 rings (SSSR count). The van der Waals surface area contributed by atoms with Crippen LogP contribution >= 0.6 is 0 Å². The summed E-state index contributed by atoms with van der Waals surface area (Å²) in [6.45, 7) is 1.95. The molecule has 1 aliphatic heterocycles. The molecule has 164 valence electrons. The van der Waals surface area contributed by atoms with Gasteiger partial charge >= 0.3 is 0 Å². The highest BCUT2D eigenvalue weighted by atomic mass is 16.5. The van der Waals surface area contributed by atoms with E-state index in [1.165, 1.54) is 22.4 Å². The van der Waals surface area contributed by atoms with Gasteiger partial charge in [0.2, 0.25) is 0 Å². The molecule has 0 radical (unpaired) electrons. The van der Waals surface area contributed by atoms with Crippen LogP contribution in [0.1, 0.15) is 47.0 Å². The first kappa shape index (κ1) is 18.8. The summed E-state index contributed by atoms with van der Waals surface area (Å²) in [5, 5.41) is 12.3. The van der Waals surface area contributed by atoms with Gasteiger partial charge in [0.15, 0.2) is 5.82 Å². The summed E-state index contributed by atoms with van der Waals surface area (Å²) >= 11 is 0. The van der Waals surface area contributed by atoms with Gasteiger partial charge in [-0.05, 0) is 80.0 Å². The van der Waals surface area contributed by atoms with Crippen LogP contribution in [-0.4, -0.2) is 33.5 Å². The zero-order valence-electron chi connectivity index (χ0n) is 18.6. The fourth-order valence-corrected chi connectivity index (χ4v) is 5.64. The zero-order valence-corrected chi connectivity index (χ0v) is 18.6. The van der Waals surface area contributed by atoms with Crippen molar-refractivity contribution >= 4 is 34.4 Å². The minimum Gasteiger partial charge on any atom is -0.497 e. The molecule has 0 saturated heterocycles. The number of aromatic amines is 1. The van der Waals surface area contributed by atoms with Crippen LogP contribution < -0.4 is 10.1 Å². The molecule has 7 nitrogen and oxygen atoms in total. The van der Waals surface area contributed by atoms with Crippen molar-refractivity contribution in [1.82, 2.24) is 20.2 Å². The second kappa shape index (κ2) is 6.63. The van der Waals surface area contributed by atoms with Crippen LogP contribution in [0.3, 0.4) is 0 Å². The number of aromatic nitrogens is 4.